The molecule has 1 unspecified atom stereocenters. The number of amides is 2. The number of hydrogen-bond donors (Lipinski definition) is 1. The number of carbonyl (C=O) groups excluding carboxylic acids is 2. The van der Waals surface area contributed by atoms with E-state index in [2.05, 4.69) is 10.1 Å². The van der Waals surface area contributed by atoms with Crippen molar-refractivity contribution in [2.24, 2.45) is 11.7 Å². The summed E-state index contributed by atoms with van der Waals surface area (Å²) in [6.45, 7) is 0.211. The Labute approximate surface area is 113 Å². The van der Waals surface area contributed by atoms with Crippen LogP contribution in [-0.2, 0) is 9.59 Å². The van der Waals surface area contributed by atoms with Crippen molar-refractivity contribution in [2.45, 2.75) is 6.42 Å². The van der Waals surface area contributed by atoms with Crippen LogP contribution in [0.1, 0.15) is 6.42 Å². The minimum atomic E-state index is -0.491. The molecule has 0 saturated carbocycles. The average molecular weight is 280 g/mol. The molecular formula is C11H10ClN5O2. The fraction of sp³-hybridized carbons (Fsp3) is 0.273. The van der Waals surface area contributed by atoms with E-state index in [1.54, 1.807) is 18.3 Å². The number of primary amides is 1. The standard InChI is InChI=1S/C11H10ClN5O2/c12-7-2-1-3-17-10(7)14-11(15-17)16-5-6(9(13)19)4-8(16)18/h1-3,6H,4-5H2,(H2,13,19). The van der Waals surface area contributed by atoms with E-state index >= 15 is 0 Å². The van der Waals surface area contributed by atoms with Crippen LogP contribution in [0.15, 0.2) is 18.3 Å². The molecule has 19 heavy (non-hydrogen) atoms. The van der Waals surface area contributed by atoms with E-state index in [4.69, 9.17) is 17.3 Å². The van der Waals surface area contributed by atoms with Crippen LogP contribution in [-0.4, -0.2) is 33.0 Å². The molecule has 1 fully saturated rings. The lowest BCUT2D eigenvalue weighted by Crippen LogP contribution is -2.29. The Morgan fingerprint density at radius 2 is 2.32 bits per heavy atom. The molecule has 7 nitrogen and oxygen atoms in total. The molecule has 0 bridgehead atoms. The Hall–Kier alpha value is -2.15. The molecule has 3 rings (SSSR count). The third-order valence-electron chi connectivity index (χ3n) is 3.07. The number of pyridine rings is 1. The second-order valence-electron chi connectivity index (χ2n) is 4.34. The van der Waals surface area contributed by atoms with Crippen molar-refractivity contribution in [1.29, 1.82) is 0 Å². The van der Waals surface area contributed by atoms with Gasteiger partial charge in [-0.1, -0.05) is 11.6 Å². The normalized spacial score (nSPS) is 19.3. The monoisotopic (exact) mass is 279 g/mol. The topological polar surface area (TPSA) is 93.6 Å². The highest BCUT2D eigenvalue weighted by atomic mass is 35.5. The Balaban J connectivity index is 1.99. The van der Waals surface area contributed by atoms with Crippen molar-refractivity contribution in [3.63, 3.8) is 0 Å². The molecule has 8 heteroatoms. The Bertz CT molecular complexity index is 683. The highest BCUT2D eigenvalue weighted by Gasteiger charge is 2.36. The first kappa shape index (κ1) is 11.9. The van der Waals surface area contributed by atoms with E-state index < -0.39 is 11.8 Å². The van der Waals surface area contributed by atoms with Gasteiger partial charge in [-0.05, 0) is 12.1 Å². The lowest BCUT2D eigenvalue weighted by Gasteiger charge is -2.10. The third kappa shape index (κ3) is 1.91. The maximum atomic E-state index is 11.8. The number of rotatable bonds is 2. The minimum Gasteiger partial charge on any atom is -0.369 e. The van der Waals surface area contributed by atoms with Gasteiger partial charge in [0.05, 0.1) is 10.9 Å². The number of anilines is 1. The van der Waals surface area contributed by atoms with Gasteiger partial charge < -0.3 is 5.73 Å². The maximum Gasteiger partial charge on any atom is 0.252 e. The summed E-state index contributed by atoms with van der Waals surface area (Å²) in [6, 6.07) is 3.42. The number of fused-ring (bicyclic) bond motifs is 1. The Morgan fingerprint density at radius 3 is 2.95 bits per heavy atom. The maximum absolute atomic E-state index is 11.8. The molecule has 0 aromatic carbocycles. The molecule has 1 aliphatic rings. The van der Waals surface area contributed by atoms with Gasteiger partial charge >= 0.3 is 0 Å². The Morgan fingerprint density at radius 1 is 1.53 bits per heavy atom. The number of hydrogen-bond acceptors (Lipinski definition) is 4. The van der Waals surface area contributed by atoms with Gasteiger partial charge in [-0.25, -0.2) is 4.52 Å². The smallest absolute Gasteiger partial charge is 0.252 e. The fourth-order valence-corrected chi connectivity index (χ4v) is 2.27. The van der Waals surface area contributed by atoms with Gasteiger partial charge in [-0.15, -0.1) is 5.10 Å². The molecule has 2 aromatic rings. The van der Waals surface area contributed by atoms with Crippen LogP contribution >= 0.6 is 11.6 Å². The second kappa shape index (κ2) is 4.20. The van der Waals surface area contributed by atoms with E-state index in [0.29, 0.717) is 10.7 Å². The second-order valence-corrected chi connectivity index (χ2v) is 4.75. The summed E-state index contributed by atoms with van der Waals surface area (Å²) in [4.78, 5) is 28.5. The SMILES string of the molecule is NC(=O)C1CC(=O)N(c2nc3c(Cl)cccn3n2)C1. The van der Waals surface area contributed by atoms with Gasteiger partial charge in [0.1, 0.15) is 0 Å². The van der Waals surface area contributed by atoms with Gasteiger partial charge in [-0.2, -0.15) is 4.98 Å². The number of halogens is 1. The van der Waals surface area contributed by atoms with E-state index in [9.17, 15) is 9.59 Å². The first-order valence-electron chi connectivity index (χ1n) is 5.67. The molecule has 2 amide bonds. The third-order valence-corrected chi connectivity index (χ3v) is 3.37. The van der Waals surface area contributed by atoms with Gasteiger partial charge in [-0.3, -0.25) is 14.5 Å². The predicted molar refractivity (Wildman–Crippen MR) is 67.7 cm³/mol. The molecule has 0 aliphatic carbocycles. The summed E-state index contributed by atoms with van der Waals surface area (Å²) < 4.78 is 1.49. The van der Waals surface area contributed by atoms with Gasteiger partial charge in [0.2, 0.25) is 11.8 Å². The number of nitrogens with zero attached hydrogens (tertiary/aromatic N) is 4. The molecule has 0 radical (unpaired) electrons. The predicted octanol–water partition coefficient (Wildman–Crippen LogP) is 0.221. The van der Waals surface area contributed by atoms with Crippen molar-refractivity contribution >= 4 is 35.0 Å². The van der Waals surface area contributed by atoms with Crippen molar-refractivity contribution in [3.8, 4) is 0 Å². The van der Waals surface area contributed by atoms with Crippen molar-refractivity contribution in [2.75, 3.05) is 11.4 Å². The molecule has 1 saturated heterocycles. The summed E-state index contributed by atoms with van der Waals surface area (Å²) in [7, 11) is 0. The number of aromatic nitrogens is 3. The lowest BCUT2D eigenvalue weighted by atomic mass is 10.1. The summed E-state index contributed by atoms with van der Waals surface area (Å²) >= 11 is 5.99. The largest absolute Gasteiger partial charge is 0.369 e. The van der Waals surface area contributed by atoms with Gasteiger partial charge in [0.25, 0.3) is 5.95 Å². The van der Waals surface area contributed by atoms with Gasteiger partial charge in [0, 0.05) is 19.2 Å². The molecule has 1 atom stereocenters. The van der Waals surface area contributed by atoms with Crippen LogP contribution in [0, 0.1) is 5.92 Å². The molecule has 0 spiro atoms. The van der Waals surface area contributed by atoms with E-state index in [1.807, 2.05) is 0 Å². The first-order valence-corrected chi connectivity index (χ1v) is 6.04. The zero-order valence-corrected chi connectivity index (χ0v) is 10.5. The van der Waals surface area contributed by atoms with Gasteiger partial charge in [0.15, 0.2) is 5.65 Å². The molecular weight excluding hydrogens is 270 g/mol. The van der Waals surface area contributed by atoms with Crippen LogP contribution in [0.2, 0.25) is 5.02 Å². The van der Waals surface area contributed by atoms with Crippen LogP contribution in [0.25, 0.3) is 5.65 Å². The Kier molecular flexibility index (Phi) is 2.63. The summed E-state index contributed by atoms with van der Waals surface area (Å²) in [5, 5.41) is 4.62. The molecule has 98 valence electrons. The first-order chi connectivity index (χ1) is 9.06. The highest BCUT2D eigenvalue weighted by molar-refractivity contribution is 6.33. The van der Waals surface area contributed by atoms with Crippen molar-refractivity contribution < 1.29 is 9.59 Å². The number of nitrogens with two attached hydrogens (primary N) is 1. The summed E-state index contributed by atoms with van der Waals surface area (Å²) in [5.74, 6) is -0.954. The quantitative estimate of drug-likeness (QED) is 0.851. The molecule has 1 aliphatic heterocycles. The minimum absolute atomic E-state index is 0.0959. The van der Waals surface area contributed by atoms with Crippen LogP contribution < -0.4 is 10.6 Å². The average Bonchev–Trinajstić information content (AvgIpc) is 2.93. The zero-order valence-electron chi connectivity index (χ0n) is 9.78. The summed E-state index contributed by atoms with van der Waals surface area (Å²) in [6.07, 6.45) is 1.78. The van der Waals surface area contributed by atoms with Crippen LogP contribution in [0.4, 0.5) is 5.95 Å². The van der Waals surface area contributed by atoms with E-state index in [-0.39, 0.29) is 24.8 Å². The fourth-order valence-electron chi connectivity index (χ4n) is 2.07. The van der Waals surface area contributed by atoms with Crippen LogP contribution in [0.3, 0.4) is 0 Å². The van der Waals surface area contributed by atoms with Crippen molar-refractivity contribution in [1.82, 2.24) is 14.6 Å². The van der Waals surface area contributed by atoms with E-state index in [1.165, 1.54) is 9.42 Å². The lowest BCUT2D eigenvalue weighted by molar-refractivity contribution is -0.123. The molecule has 2 N–H and O–H groups in total. The van der Waals surface area contributed by atoms with Crippen molar-refractivity contribution in [3.05, 3.63) is 23.4 Å². The summed E-state index contributed by atoms with van der Waals surface area (Å²) in [5.41, 5.74) is 5.68. The number of carbonyl (C=O) groups is 2. The molecule has 3 heterocycles. The highest BCUT2D eigenvalue weighted by Crippen LogP contribution is 2.24. The van der Waals surface area contributed by atoms with E-state index in [0.717, 1.165) is 0 Å². The van der Waals surface area contributed by atoms with Crippen LogP contribution in [0.5, 0.6) is 0 Å². The zero-order chi connectivity index (χ0) is 13.6. The molecule has 2 aromatic heterocycles.